The van der Waals surface area contributed by atoms with Crippen LogP contribution in [-0.4, -0.2) is 47.8 Å². The van der Waals surface area contributed by atoms with Gasteiger partial charge in [0.15, 0.2) is 0 Å². The van der Waals surface area contributed by atoms with E-state index < -0.39 is 10.0 Å². The van der Waals surface area contributed by atoms with E-state index in [1.165, 1.54) is 0 Å². The Balaban J connectivity index is 2.88. The Morgan fingerprint density at radius 1 is 1.14 bits per heavy atom. The van der Waals surface area contributed by atoms with E-state index in [0.29, 0.717) is 12.2 Å². The highest BCUT2D eigenvalue weighted by molar-refractivity contribution is 7.92. The lowest BCUT2D eigenvalue weighted by atomic mass is 10.2. The van der Waals surface area contributed by atoms with Crippen LogP contribution in [0, 0.1) is 0 Å². The van der Waals surface area contributed by atoms with E-state index in [1.54, 1.807) is 12.1 Å². The summed E-state index contributed by atoms with van der Waals surface area (Å²) in [6.07, 6.45) is 2.95. The van der Waals surface area contributed by atoms with Crippen molar-refractivity contribution >= 4 is 27.3 Å². The van der Waals surface area contributed by atoms with Gasteiger partial charge in [-0.05, 0) is 30.7 Å². The van der Waals surface area contributed by atoms with Gasteiger partial charge in [0.25, 0.3) is 0 Å². The van der Waals surface area contributed by atoms with Crippen molar-refractivity contribution in [3.8, 4) is 0 Å². The summed E-state index contributed by atoms with van der Waals surface area (Å²) in [6.45, 7) is 2.39. The topological polar surface area (TPSA) is 69.7 Å². The van der Waals surface area contributed by atoms with Crippen LogP contribution in [-0.2, 0) is 14.8 Å². The fraction of sp³-hybridized carbons (Fsp3) is 0.533. The summed E-state index contributed by atoms with van der Waals surface area (Å²) in [4.78, 5) is 13.8. The maximum absolute atomic E-state index is 12.0. The Morgan fingerprint density at radius 2 is 1.68 bits per heavy atom. The number of carbonyl (C=O) groups is 1. The zero-order valence-electron chi connectivity index (χ0n) is 13.7. The predicted molar refractivity (Wildman–Crippen MR) is 90.9 cm³/mol. The average molecular weight is 327 g/mol. The molecule has 0 spiro atoms. The second-order valence-electron chi connectivity index (χ2n) is 5.38. The maximum atomic E-state index is 12.0. The largest absolute Gasteiger partial charge is 0.378 e. The third-order valence-corrected chi connectivity index (χ3v) is 4.33. The molecule has 1 N–H and O–H groups in total. The second kappa shape index (κ2) is 8.03. The molecule has 0 atom stereocenters. The van der Waals surface area contributed by atoms with Gasteiger partial charge in [-0.2, -0.15) is 0 Å². The van der Waals surface area contributed by atoms with Crippen molar-refractivity contribution in [2.45, 2.75) is 19.8 Å². The van der Waals surface area contributed by atoms with E-state index in [4.69, 9.17) is 0 Å². The molecule has 0 heterocycles. The third kappa shape index (κ3) is 5.55. The highest BCUT2D eigenvalue weighted by Gasteiger charge is 2.20. The van der Waals surface area contributed by atoms with Gasteiger partial charge in [0.1, 0.15) is 6.54 Å². The molecular weight excluding hydrogens is 302 g/mol. The minimum Gasteiger partial charge on any atom is -0.378 e. The van der Waals surface area contributed by atoms with E-state index >= 15 is 0 Å². The summed E-state index contributed by atoms with van der Waals surface area (Å²) in [7, 11) is 0.297. The molecular formula is C15H25N3O3S. The molecule has 1 aromatic carbocycles. The highest BCUT2D eigenvalue weighted by Crippen LogP contribution is 2.21. The number of nitrogens with one attached hydrogen (secondary N) is 1. The van der Waals surface area contributed by atoms with Gasteiger partial charge in [0.05, 0.1) is 11.9 Å². The van der Waals surface area contributed by atoms with Crippen LogP contribution in [0.1, 0.15) is 19.8 Å². The average Bonchev–Trinajstić information content (AvgIpc) is 2.44. The van der Waals surface area contributed by atoms with Crippen molar-refractivity contribution in [3.05, 3.63) is 24.3 Å². The minimum atomic E-state index is -3.52. The van der Waals surface area contributed by atoms with Crippen molar-refractivity contribution in [2.75, 3.05) is 42.6 Å². The van der Waals surface area contributed by atoms with E-state index in [2.05, 4.69) is 5.32 Å². The van der Waals surface area contributed by atoms with E-state index in [0.717, 1.165) is 29.1 Å². The van der Waals surface area contributed by atoms with Gasteiger partial charge in [-0.1, -0.05) is 13.3 Å². The van der Waals surface area contributed by atoms with Gasteiger partial charge in [0.2, 0.25) is 15.9 Å². The Kier molecular flexibility index (Phi) is 6.67. The fourth-order valence-corrected chi connectivity index (χ4v) is 2.76. The SMILES string of the molecule is CCCCNC(=O)CN(c1ccc(N(C)C)cc1)S(C)(=O)=O. The second-order valence-corrected chi connectivity index (χ2v) is 7.29. The quantitative estimate of drug-likeness (QED) is 0.734. The summed E-state index contributed by atoms with van der Waals surface area (Å²) in [6, 6.07) is 7.05. The third-order valence-electron chi connectivity index (χ3n) is 3.19. The molecule has 0 unspecified atom stereocenters. The van der Waals surface area contributed by atoms with Gasteiger partial charge in [-0.15, -0.1) is 0 Å². The van der Waals surface area contributed by atoms with Crippen LogP contribution < -0.4 is 14.5 Å². The number of anilines is 2. The Bertz CT molecular complexity index is 583. The van der Waals surface area contributed by atoms with Gasteiger partial charge in [0, 0.05) is 26.3 Å². The molecule has 0 saturated heterocycles. The first kappa shape index (κ1) is 18.3. The molecule has 6 nitrogen and oxygen atoms in total. The van der Waals surface area contributed by atoms with Crippen molar-refractivity contribution in [2.24, 2.45) is 0 Å². The van der Waals surface area contributed by atoms with Crippen LogP contribution in [0.4, 0.5) is 11.4 Å². The van der Waals surface area contributed by atoms with Crippen molar-refractivity contribution < 1.29 is 13.2 Å². The van der Waals surface area contributed by atoms with Crippen LogP contribution in [0.3, 0.4) is 0 Å². The zero-order chi connectivity index (χ0) is 16.8. The molecule has 1 amide bonds. The summed E-state index contributed by atoms with van der Waals surface area (Å²) in [5.74, 6) is -0.296. The lowest BCUT2D eigenvalue weighted by Gasteiger charge is -2.23. The number of sulfonamides is 1. The molecule has 22 heavy (non-hydrogen) atoms. The van der Waals surface area contributed by atoms with Crippen LogP contribution in [0.25, 0.3) is 0 Å². The summed E-state index contributed by atoms with van der Waals surface area (Å²) >= 11 is 0. The zero-order valence-corrected chi connectivity index (χ0v) is 14.5. The van der Waals surface area contributed by atoms with Crippen molar-refractivity contribution in [1.29, 1.82) is 0 Å². The summed E-state index contributed by atoms with van der Waals surface area (Å²) in [5, 5.41) is 2.73. The summed E-state index contributed by atoms with van der Waals surface area (Å²) in [5.41, 5.74) is 1.45. The fourth-order valence-electron chi connectivity index (χ4n) is 1.91. The number of hydrogen-bond donors (Lipinski definition) is 1. The minimum absolute atomic E-state index is 0.205. The van der Waals surface area contributed by atoms with Gasteiger partial charge in [-0.25, -0.2) is 8.42 Å². The standard InChI is InChI=1S/C15H25N3O3S/c1-5-6-11-16-15(19)12-18(22(4,20)21)14-9-7-13(8-10-14)17(2)3/h7-10H,5-6,11-12H2,1-4H3,(H,16,19). The van der Waals surface area contributed by atoms with Gasteiger partial charge in [-0.3, -0.25) is 9.10 Å². The first-order valence-corrected chi connectivity index (χ1v) is 9.12. The lowest BCUT2D eigenvalue weighted by molar-refractivity contribution is -0.119. The monoisotopic (exact) mass is 327 g/mol. The number of benzene rings is 1. The van der Waals surface area contributed by atoms with Gasteiger partial charge < -0.3 is 10.2 Å². The lowest BCUT2D eigenvalue weighted by Crippen LogP contribution is -2.40. The van der Waals surface area contributed by atoms with Crippen LogP contribution >= 0.6 is 0 Å². The van der Waals surface area contributed by atoms with Crippen molar-refractivity contribution in [1.82, 2.24) is 5.32 Å². The maximum Gasteiger partial charge on any atom is 0.240 e. The molecule has 0 radical (unpaired) electrons. The molecule has 0 bridgehead atoms. The number of hydrogen-bond acceptors (Lipinski definition) is 4. The Morgan fingerprint density at radius 3 is 2.14 bits per heavy atom. The van der Waals surface area contributed by atoms with E-state index in [-0.39, 0.29) is 12.5 Å². The molecule has 124 valence electrons. The van der Waals surface area contributed by atoms with Gasteiger partial charge >= 0.3 is 0 Å². The number of carbonyl (C=O) groups excluding carboxylic acids is 1. The molecule has 0 aromatic heterocycles. The van der Waals surface area contributed by atoms with E-state index in [9.17, 15) is 13.2 Å². The molecule has 0 aliphatic heterocycles. The van der Waals surface area contributed by atoms with Crippen LogP contribution in [0.5, 0.6) is 0 Å². The normalized spacial score (nSPS) is 11.1. The Hall–Kier alpha value is -1.76. The molecule has 1 aromatic rings. The molecule has 0 aliphatic rings. The summed E-state index contributed by atoms with van der Waals surface area (Å²) < 4.78 is 25.0. The van der Waals surface area contributed by atoms with Crippen LogP contribution in [0.15, 0.2) is 24.3 Å². The number of unbranched alkanes of at least 4 members (excludes halogenated alkanes) is 1. The Labute approximate surface area is 133 Å². The molecule has 0 aliphatic carbocycles. The van der Waals surface area contributed by atoms with Crippen LogP contribution in [0.2, 0.25) is 0 Å². The predicted octanol–water partition coefficient (Wildman–Crippen LogP) is 1.43. The number of nitrogens with zero attached hydrogens (tertiary/aromatic N) is 2. The van der Waals surface area contributed by atoms with Crippen molar-refractivity contribution in [3.63, 3.8) is 0 Å². The first-order valence-electron chi connectivity index (χ1n) is 7.27. The molecule has 0 saturated carbocycles. The highest BCUT2D eigenvalue weighted by atomic mass is 32.2. The number of rotatable bonds is 8. The molecule has 7 heteroatoms. The molecule has 0 fully saturated rings. The smallest absolute Gasteiger partial charge is 0.240 e. The number of amides is 1. The molecule has 1 rings (SSSR count). The van der Waals surface area contributed by atoms with E-state index in [1.807, 2.05) is 38.1 Å². The first-order chi connectivity index (χ1) is 10.3.